The van der Waals surface area contributed by atoms with Crippen LogP contribution < -0.4 is 5.73 Å². The highest BCUT2D eigenvalue weighted by atomic mass is 32.1. The largest absolute Gasteiger partial charge is 0.374 e. The van der Waals surface area contributed by atoms with Gasteiger partial charge in [-0.1, -0.05) is 39.0 Å². The van der Waals surface area contributed by atoms with E-state index in [1.54, 1.807) is 0 Å². The molecule has 19 heavy (non-hydrogen) atoms. The van der Waals surface area contributed by atoms with Crippen molar-refractivity contribution in [1.29, 1.82) is 0 Å². The van der Waals surface area contributed by atoms with Crippen molar-refractivity contribution in [3.63, 3.8) is 0 Å². The van der Waals surface area contributed by atoms with Gasteiger partial charge in [0.15, 0.2) is 0 Å². The van der Waals surface area contributed by atoms with Gasteiger partial charge < -0.3 is 10.6 Å². The number of aromatic nitrogens is 2. The van der Waals surface area contributed by atoms with Gasteiger partial charge in [-0.25, -0.2) is 0 Å². The molecule has 0 radical (unpaired) electrons. The summed E-state index contributed by atoms with van der Waals surface area (Å²) < 4.78 is 0. The van der Waals surface area contributed by atoms with E-state index in [1.807, 2.05) is 4.90 Å². The Kier molecular flexibility index (Phi) is 6.21. The number of carbonyl (C=O) groups is 1. The first-order valence-electron chi connectivity index (χ1n) is 6.78. The van der Waals surface area contributed by atoms with Crippen LogP contribution >= 0.6 is 11.3 Å². The van der Waals surface area contributed by atoms with E-state index < -0.39 is 0 Å². The first-order chi connectivity index (χ1) is 8.90. The highest BCUT2D eigenvalue weighted by Crippen LogP contribution is 2.15. The van der Waals surface area contributed by atoms with Crippen LogP contribution in [0.1, 0.15) is 50.3 Å². The summed E-state index contributed by atoms with van der Waals surface area (Å²) in [7, 11) is 0. The fraction of sp³-hybridized carbons (Fsp3) is 0.769. The summed E-state index contributed by atoms with van der Waals surface area (Å²) in [5.41, 5.74) is 5.54. The van der Waals surface area contributed by atoms with E-state index in [0.717, 1.165) is 37.3 Å². The molecule has 0 aliphatic rings. The van der Waals surface area contributed by atoms with E-state index in [0.29, 0.717) is 22.0 Å². The van der Waals surface area contributed by atoms with Crippen LogP contribution in [0.25, 0.3) is 0 Å². The SMILES string of the molecule is CC(C)CCN(CCC(C)C)C(=O)c1nnc(N)s1. The van der Waals surface area contributed by atoms with Gasteiger partial charge in [-0.2, -0.15) is 0 Å². The van der Waals surface area contributed by atoms with Gasteiger partial charge in [0.2, 0.25) is 10.1 Å². The molecule has 0 saturated heterocycles. The Balaban J connectivity index is 2.68. The summed E-state index contributed by atoms with van der Waals surface area (Å²) in [6, 6.07) is 0. The topological polar surface area (TPSA) is 72.1 Å². The lowest BCUT2D eigenvalue weighted by atomic mass is 10.1. The number of rotatable bonds is 7. The molecule has 0 fully saturated rings. The third-order valence-corrected chi connectivity index (χ3v) is 3.60. The zero-order chi connectivity index (χ0) is 14.4. The zero-order valence-electron chi connectivity index (χ0n) is 12.2. The first-order valence-corrected chi connectivity index (χ1v) is 7.60. The highest BCUT2D eigenvalue weighted by Gasteiger charge is 2.20. The molecule has 1 aromatic heterocycles. The molecule has 0 aliphatic heterocycles. The molecule has 0 saturated carbocycles. The number of amides is 1. The van der Waals surface area contributed by atoms with Gasteiger partial charge in [-0.15, -0.1) is 10.2 Å². The summed E-state index contributed by atoms with van der Waals surface area (Å²) in [5.74, 6) is 1.11. The number of hydrogen-bond donors (Lipinski definition) is 1. The van der Waals surface area contributed by atoms with Crippen LogP contribution in [-0.2, 0) is 0 Å². The molecule has 6 heteroatoms. The average Bonchev–Trinajstić information content (AvgIpc) is 2.74. The van der Waals surface area contributed by atoms with Gasteiger partial charge in [0.25, 0.3) is 5.91 Å². The molecule has 1 heterocycles. The van der Waals surface area contributed by atoms with Gasteiger partial charge in [-0.3, -0.25) is 4.79 Å². The van der Waals surface area contributed by atoms with Crippen molar-refractivity contribution in [2.24, 2.45) is 11.8 Å². The van der Waals surface area contributed by atoms with Crippen LogP contribution in [0.4, 0.5) is 5.13 Å². The molecule has 0 unspecified atom stereocenters. The van der Waals surface area contributed by atoms with Crippen molar-refractivity contribution in [3.8, 4) is 0 Å². The predicted molar refractivity (Wildman–Crippen MR) is 79.1 cm³/mol. The van der Waals surface area contributed by atoms with E-state index in [-0.39, 0.29) is 5.91 Å². The summed E-state index contributed by atoms with van der Waals surface area (Å²) in [5, 5.41) is 8.29. The fourth-order valence-electron chi connectivity index (χ4n) is 1.60. The minimum Gasteiger partial charge on any atom is -0.374 e. The van der Waals surface area contributed by atoms with Crippen LogP contribution in [0.3, 0.4) is 0 Å². The summed E-state index contributed by atoms with van der Waals surface area (Å²) in [4.78, 5) is 14.2. The second-order valence-electron chi connectivity index (χ2n) is 5.60. The lowest BCUT2D eigenvalue weighted by Gasteiger charge is -2.23. The third-order valence-electron chi connectivity index (χ3n) is 2.86. The van der Waals surface area contributed by atoms with Crippen molar-refractivity contribution in [2.45, 2.75) is 40.5 Å². The number of carbonyl (C=O) groups excluding carboxylic acids is 1. The van der Waals surface area contributed by atoms with Crippen LogP contribution in [-0.4, -0.2) is 34.1 Å². The lowest BCUT2D eigenvalue weighted by molar-refractivity contribution is 0.0739. The number of nitrogens with zero attached hydrogens (tertiary/aromatic N) is 3. The summed E-state index contributed by atoms with van der Waals surface area (Å²) >= 11 is 1.16. The molecule has 1 amide bonds. The van der Waals surface area contributed by atoms with Crippen molar-refractivity contribution >= 4 is 22.4 Å². The molecule has 1 rings (SSSR count). The van der Waals surface area contributed by atoms with Crippen LogP contribution in [0, 0.1) is 11.8 Å². The van der Waals surface area contributed by atoms with E-state index in [4.69, 9.17) is 5.73 Å². The van der Waals surface area contributed by atoms with Crippen molar-refractivity contribution < 1.29 is 4.79 Å². The summed E-state index contributed by atoms with van der Waals surface area (Å²) in [6.07, 6.45) is 2.00. The number of nitrogens with two attached hydrogens (primary N) is 1. The first kappa shape index (κ1) is 15.9. The average molecular weight is 284 g/mol. The standard InChI is InChI=1S/C13H24N4OS/c1-9(2)5-7-17(8-6-10(3)4)12(18)11-15-16-13(14)19-11/h9-10H,5-8H2,1-4H3,(H2,14,16). The normalized spacial score (nSPS) is 11.3. The van der Waals surface area contributed by atoms with Crippen molar-refractivity contribution in [2.75, 3.05) is 18.8 Å². The Hall–Kier alpha value is -1.17. The Morgan fingerprint density at radius 2 is 1.68 bits per heavy atom. The third kappa shape index (κ3) is 5.55. The molecule has 0 aromatic carbocycles. The van der Waals surface area contributed by atoms with Crippen molar-refractivity contribution in [3.05, 3.63) is 5.01 Å². The molecule has 2 N–H and O–H groups in total. The molecule has 0 atom stereocenters. The van der Waals surface area contributed by atoms with Crippen LogP contribution in [0.5, 0.6) is 0 Å². The Morgan fingerprint density at radius 1 is 1.16 bits per heavy atom. The van der Waals surface area contributed by atoms with Gasteiger partial charge in [0, 0.05) is 13.1 Å². The second kappa shape index (κ2) is 7.43. The Labute approximate surface area is 119 Å². The molecule has 0 bridgehead atoms. The highest BCUT2D eigenvalue weighted by molar-refractivity contribution is 7.16. The van der Waals surface area contributed by atoms with E-state index in [1.165, 1.54) is 0 Å². The van der Waals surface area contributed by atoms with Crippen LogP contribution in [0.2, 0.25) is 0 Å². The monoisotopic (exact) mass is 284 g/mol. The maximum atomic E-state index is 12.4. The predicted octanol–water partition coefficient (Wildman–Crippen LogP) is 2.65. The van der Waals surface area contributed by atoms with Gasteiger partial charge in [-0.05, 0) is 24.7 Å². The van der Waals surface area contributed by atoms with Gasteiger partial charge in [0.1, 0.15) is 0 Å². The van der Waals surface area contributed by atoms with Crippen LogP contribution in [0.15, 0.2) is 0 Å². The Morgan fingerprint density at radius 3 is 2.05 bits per heavy atom. The minimum atomic E-state index is -0.0458. The smallest absolute Gasteiger partial charge is 0.284 e. The minimum absolute atomic E-state index is 0.0458. The Bertz CT molecular complexity index is 391. The second-order valence-corrected chi connectivity index (χ2v) is 6.61. The quantitative estimate of drug-likeness (QED) is 0.835. The number of anilines is 1. The number of nitrogen functional groups attached to an aromatic ring is 1. The maximum Gasteiger partial charge on any atom is 0.284 e. The maximum absolute atomic E-state index is 12.4. The van der Waals surface area contributed by atoms with Gasteiger partial charge in [0.05, 0.1) is 0 Å². The molecular formula is C13H24N4OS. The molecule has 108 valence electrons. The van der Waals surface area contributed by atoms with E-state index in [9.17, 15) is 4.79 Å². The lowest BCUT2D eigenvalue weighted by Crippen LogP contribution is -2.34. The van der Waals surface area contributed by atoms with Crippen molar-refractivity contribution in [1.82, 2.24) is 15.1 Å². The molecule has 1 aromatic rings. The van der Waals surface area contributed by atoms with E-state index in [2.05, 4.69) is 37.9 Å². The fourth-order valence-corrected chi connectivity index (χ4v) is 2.18. The number of hydrogen-bond acceptors (Lipinski definition) is 5. The molecule has 5 nitrogen and oxygen atoms in total. The van der Waals surface area contributed by atoms with E-state index >= 15 is 0 Å². The molecular weight excluding hydrogens is 260 g/mol. The molecule has 0 spiro atoms. The zero-order valence-corrected chi connectivity index (χ0v) is 13.0. The summed E-state index contributed by atoms with van der Waals surface area (Å²) in [6.45, 7) is 10.2. The molecule has 0 aliphatic carbocycles. The van der Waals surface area contributed by atoms with Gasteiger partial charge >= 0.3 is 0 Å².